The lowest BCUT2D eigenvalue weighted by molar-refractivity contribution is 0.246. The van der Waals surface area contributed by atoms with Gasteiger partial charge in [-0.1, -0.05) is 0 Å². The van der Waals surface area contributed by atoms with Crippen LogP contribution in [-0.4, -0.2) is 55.3 Å². The number of halogens is 2. The largest absolute Gasteiger partial charge is 0.492 e. The lowest BCUT2D eigenvalue weighted by Gasteiger charge is -2.11. The third-order valence-electron chi connectivity index (χ3n) is 3.64. The molecule has 0 aliphatic heterocycles. The molecule has 0 spiro atoms. The minimum Gasteiger partial charge on any atom is -0.492 e. The maximum Gasteiger partial charge on any atom is 0.267 e. The standard InChI is InChI=1S/C17H18Br2N4O2.C2H6O4S/c18-12-8-10(16(20)21)2-4-14(12)24-6-1-7-25-15-5-3-11(17(22)23)9-13(15)19;3-1-2-7(4,5)6/h2-5,8-9H,1,6-7H2,(H3,20,21)(H3,22,23);3H,1-2H2,(H,4,5,6). The molecule has 8 N–H and O–H groups in total. The molecular weight excluding hydrogens is 572 g/mol. The van der Waals surface area contributed by atoms with Gasteiger partial charge in [-0.15, -0.1) is 0 Å². The highest BCUT2D eigenvalue weighted by atomic mass is 79.9. The van der Waals surface area contributed by atoms with Crippen molar-refractivity contribution in [1.82, 2.24) is 0 Å². The van der Waals surface area contributed by atoms with Gasteiger partial charge in [-0.2, -0.15) is 8.42 Å². The molecule has 2 aromatic rings. The summed E-state index contributed by atoms with van der Waals surface area (Å²) in [4.78, 5) is 0. The van der Waals surface area contributed by atoms with E-state index in [-0.39, 0.29) is 11.7 Å². The number of benzene rings is 2. The normalized spacial score (nSPS) is 10.6. The molecule has 0 unspecified atom stereocenters. The summed E-state index contributed by atoms with van der Waals surface area (Å²) in [6.07, 6.45) is 0.696. The Labute approximate surface area is 202 Å². The third kappa shape index (κ3) is 10.4. The number of hydrogen-bond acceptors (Lipinski definition) is 7. The van der Waals surface area contributed by atoms with Gasteiger partial charge in [-0.25, -0.2) is 0 Å². The fourth-order valence-electron chi connectivity index (χ4n) is 2.11. The van der Waals surface area contributed by atoms with E-state index in [4.69, 9.17) is 41.4 Å². The highest BCUT2D eigenvalue weighted by Gasteiger charge is 2.06. The van der Waals surface area contributed by atoms with Crippen LogP contribution in [0.5, 0.6) is 11.5 Å². The van der Waals surface area contributed by atoms with Crippen molar-refractivity contribution in [3.63, 3.8) is 0 Å². The molecule has 176 valence electrons. The quantitative estimate of drug-likeness (QED) is 0.104. The predicted molar refractivity (Wildman–Crippen MR) is 129 cm³/mol. The van der Waals surface area contributed by atoms with Crippen LogP contribution >= 0.6 is 31.9 Å². The van der Waals surface area contributed by atoms with Gasteiger partial charge in [0, 0.05) is 17.5 Å². The summed E-state index contributed by atoms with van der Waals surface area (Å²) in [6, 6.07) is 10.5. The number of nitrogens with two attached hydrogens (primary N) is 2. The Morgan fingerprint density at radius 2 is 1.31 bits per heavy atom. The average molecular weight is 596 g/mol. The molecule has 0 radical (unpaired) electrons. The number of aliphatic hydroxyl groups excluding tert-OH is 1. The second-order valence-electron chi connectivity index (χ2n) is 6.18. The summed E-state index contributed by atoms with van der Waals surface area (Å²) in [5.41, 5.74) is 12.2. The molecule has 0 bridgehead atoms. The van der Waals surface area contributed by atoms with Crippen molar-refractivity contribution in [1.29, 1.82) is 10.8 Å². The lowest BCUT2D eigenvalue weighted by atomic mass is 10.2. The second kappa shape index (κ2) is 13.4. The van der Waals surface area contributed by atoms with Crippen molar-refractivity contribution < 1.29 is 27.6 Å². The van der Waals surface area contributed by atoms with E-state index < -0.39 is 22.5 Å². The first-order valence-electron chi connectivity index (χ1n) is 9.04. The van der Waals surface area contributed by atoms with Gasteiger partial charge in [0.05, 0.1) is 34.5 Å². The van der Waals surface area contributed by atoms with Crippen LogP contribution in [0.15, 0.2) is 45.3 Å². The van der Waals surface area contributed by atoms with Gasteiger partial charge >= 0.3 is 0 Å². The minimum absolute atomic E-state index is 0.0158. The molecule has 0 saturated heterocycles. The monoisotopic (exact) mass is 594 g/mol. The summed E-state index contributed by atoms with van der Waals surface area (Å²) >= 11 is 6.81. The van der Waals surface area contributed by atoms with E-state index in [1.54, 1.807) is 36.4 Å². The van der Waals surface area contributed by atoms with Crippen LogP contribution in [-0.2, 0) is 10.1 Å². The number of rotatable bonds is 10. The highest BCUT2D eigenvalue weighted by Crippen LogP contribution is 2.27. The van der Waals surface area contributed by atoms with Crippen LogP contribution in [0.4, 0.5) is 0 Å². The van der Waals surface area contributed by atoms with E-state index >= 15 is 0 Å². The molecule has 0 aliphatic carbocycles. The Bertz CT molecular complexity index is 985. The topological polar surface area (TPSA) is 193 Å². The zero-order valence-corrected chi connectivity index (χ0v) is 20.8. The maximum atomic E-state index is 9.63. The SMILES string of the molecule is N=C(N)c1ccc(OCCCOc2ccc(C(=N)N)cc2Br)c(Br)c1.O=S(=O)(O)CCO. The number of hydrogen-bond donors (Lipinski definition) is 6. The van der Waals surface area contributed by atoms with Crippen LogP contribution in [0, 0.1) is 10.8 Å². The fraction of sp³-hybridized carbons (Fsp3) is 0.263. The number of amidine groups is 2. The first-order chi connectivity index (χ1) is 14.9. The van der Waals surface area contributed by atoms with Crippen LogP contribution in [0.3, 0.4) is 0 Å². The maximum absolute atomic E-state index is 9.63. The summed E-state index contributed by atoms with van der Waals surface area (Å²) < 4.78 is 40.0. The van der Waals surface area contributed by atoms with Crippen LogP contribution in [0.2, 0.25) is 0 Å². The number of ether oxygens (including phenoxy) is 2. The van der Waals surface area contributed by atoms with Gasteiger partial charge in [0.25, 0.3) is 10.1 Å². The van der Waals surface area contributed by atoms with E-state index in [1.807, 2.05) is 0 Å². The molecular formula is C19H24Br2N4O6S. The highest BCUT2D eigenvalue weighted by molar-refractivity contribution is 9.10. The molecule has 32 heavy (non-hydrogen) atoms. The summed E-state index contributed by atoms with van der Waals surface area (Å²) in [6.45, 7) is 0.446. The Morgan fingerprint density at radius 3 is 1.56 bits per heavy atom. The zero-order chi connectivity index (χ0) is 24.3. The number of nitrogen functional groups attached to an aromatic ring is 2. The average Bonchev–Trinajstić information content (AvgIpc) is 2.69. The first-order valence-corrected chi connectivity index (χ1v) is 12.2. The van der Waals surface area contributed by atoms with Gasteiger partial charge in [0.2, 0.25) is 0 Å². The van der Waals surface area contributed by atoms with E-state index in [2.05, 4.69) is 31.9 Å². The number of nitrogens with one attached hydrogen (secondary N) is 2. The molecule has 0 aliphatic rings. The van der Waals surface area contributed by atoms with Gasteiger partial charge < -0.3 is 26.0 Å². The second-order valence-corrected chi connectivity index (χ2v) is 9.46. The van der Waals surface area contributed by atoms with Crippen molar-refractivity contribution in [2.45, 2.75) is 6.42 Å². The molecule has 2 aromatic carbocycles. The van der Waals surface area contributed by atoms with Gasteiger partial charge in [0.1, 0.15) is 23.2 Å². The van der Waals surface area contributed by atoms with E-state index in [0.717, 1.165) is 8.95 Å². The smallest absolute Gasteiger partial charge is 0.267 e. The molecule has 0 atom stereocenters. The van der Waals surface area contributed by atoms with Crippen molar-refractivity contribution in [2.24, 2.45) is 11.5 Å². The lowest BCUT2D eigenvalue weighted by Crippen LogP contribution is -2.11. The fourth-order valence-corrected chi connectivity index (χ4v) is 3.33. The molecule has 13 heteroatoms. The Morgan fingerprint density at radius 1 is 0.906 bits per heavy atom. The zero-order valence-electron chi connectivity index (χ0n) is 16.8. The van der Waals surface area contributed by atoms with Crippen LogP contribution in [0.1, 0.15) is 17.5 Å². The minimum atomic E-state index is -3.92. The Hall–Kier alpha value is -2.19. The van der Waals surface area contributed by atoms with Crippen molar-refractivity contribution >= 4 is 53.6 Å². The molecule has 0 aromatic heterocycles. The van der Waals surface area contributed by atoms with Crippen molar-refractivity contribution in [3.8, 4) is 11.5 Å². The summed E-state index contributed by atoms with van der Waals surface area (Å²) in [5.74, 6) is 0.838. The van der Waals surface area contributed by atoms with Crippen molar-refractivity contribution in [3.05, 3.63) is 56.5 Å². The molecule has 0 heterocycles. The molecule has 10 nitrogen and oxygen atoms in total. The molecule has 0 amide bonds. The molecule has 0 fully saturated rings. The summed E-state index contributed by atoms with van der Waals surface area (Å²) in [5, 5.41) is 22.7. The van der Waals surface area contributed by atoms with Gasteiger partial charge in [-0.3, -0.25) is 15.4 Å². The third-order valence-corrected chi connectivity index (χ3v) is 5.58. The molecule has 0 saturated carbocycles. The first kappa shape index (κ1) is 27.8. The van der Waals surface area contributed by atoms with E-state index in [1.165, 1.54) is 0 Å². The van der Waals surface area contributed by atoms with Gasteiger partial charge in [-0.05, 0) is 68.3 Å². The predicted octanol–water partition coefficient (Wildman–Crippen LogP) is 2.49. The molecule has 2 rings (SSSR count). The van der Waals surface area contributed by atoms with Crippen molar-refractivity contribution in [2.75, 3.05) is 25.6 Å². The van der Waals surface area contributed by atoms with E-state index in [0.29, 0.717) is 42.3 Å². The van der Waals surface area contributed by atoms with Crippen LogP contribution < -0.4 is 20.9 Å². The Balaban J connectivity index is 0.000000633. The summed E-state index contributed by atoms with van der Waals surface area (Å²) in [7, 11) is -3.92. The van der Waals surface area contributed by atoms with Gasteiger partial charge in [0.15, 0.2) is 0 Å². The van der Waals surface area contributed by atoms with Crippen LogP contribution in [0.25, 0.3) is 0 Å². The Kier molecular flexibility index (Phi) is 11.6. The van der Waals surface area contributed by atoms with E-state index in [9.17, 15) is 8.42 Å². The number of aliphatic hydroxyl groups is 1.